The Morgan fingerprint density at radius 2 is 1.89 bits per heavy atom. The first-order valence-electron chi connectivity index (χ1n) is 9.44. The molecule has 3 rings (SSSR count). The van der Waals surface area contributed by atoms with E-state index in [0.717, 1.165) is 0 Å². The van der Waals surface area contributed by atoms with Gasteiger partial charge in [0, 0.05) is 0 Å². The molecule has 0 saturated carbocycles. The fraction of sp³-hybridized carbons (Fsp3) is 0.889. The van der Waals surface area contributed by atoms with Crippen LogP contribution in [0.2, 0.25) is 0 Å². The van der Waals surface area contributed by atoms with Crippen molar-refractivity contribution in [3.8, 4) is 0 Å². The minimum atomic E-state index is -3.37. The van der Waals surface area contributed by atoms with Crippen molar-refractivity contribution in [2.24, 2.45) is 0 Å². The third-order valence-corrected chi connectivity index (χ3v) is 6.66. The molecule has 0 aromatic heterocycles. The summed E-state index contributed by atoms with van der Waals surface area (Å²) < 4.78 is 54.3. The van der Waals surface area contributed by atoms with Gasteiger partial charge in [-0.1, -0.05) is 6.08 Å². The summed E-state index contributed by atoms with van der Waals surface area (Å²) in [6.45, 7) is 13.4. The van der Waals surface area contributed by atoms with Crippen LogP contribution in [-0.4, -0.2) is 61.7 Å². The normalized spacial score (nSPS) is 39.2. The first-order valence-corrected chi connectivity index (χ1v) is 11.2. The van der Waals surface area contributed by atoms with Gasteiger partial charge >= 0.3 is 7.60 Å². The summed E-state index contributed by atoms with van der Waals surface area (Å²) in [6.07, 6.45) is -0.315. The first-order chi connectivity index (χ1) is 12.6. The number of hydrogen-bond acceptors (Lipinski definition) is 8. The topological polar surface area (TPSA) is 81.7 Å². The summed E-state index contributed by atoms with van der Waals surface area (Å²) in [4.78, 5) is 0. The minimum absolute atomic E-state index is 0.239. The van der Waals surface area contributed by atoms with Crippen LogP contribution in [0, 0.1) is 0 Å². The van der Waals surface area contributed by atoms with Crippen LogP contribution in [0.25, 0.3) is 0 Å². The maximum absolute atomic E-state index is 13.2. The number of rotatable bonds is 8. The lowest BCUT2D eigenvalue weighted by atomic mass is 10.1. The van der Waals surface area contributed by atoms with Crippen LogP contribution >= 0.6 is 7.60 Å². The predicted octanol–water partition coefficient (Wildman–Crippen LogP) is 3.21. The van der Waals surface area contributed by atoms with Gasteiger partial charge in [0.05, 0.1) is 19.4 Å². The molecule has 3 heterocycles. The molecule has 0 spiro atoms. The van der Waals surface area contributed by atoms with Crippen molar-refractivity contribution >= 4 is 7.60 Å². The van der Waals surface area contributed by atoms with Gasteiger partial charge in [0.25, 0.3) is 0 Å². The second kappa shape index (κ2) is 7.84. The van der Waals surface area contributed by atoms with Crippen LogP contribution in [0.5, 0.6) is 0 Å². The van der Waals surface area contributed by atoms with Crippen molar-refractivity contribution in [2.45, 2.75) is 83.3 Å². The molecule has 3 fully saturated rings. The molecule has 0 N–H and O–H groups in total. The van der Waals surface area contributed by atoms with Crippen molar-refractivity contribution in [2.75, 3.05) is 19.4 Å². The van der Waals surface area contributed by atoms with Gasteiger partial charge in [-0.15, -0.1) is 6.58 Å². The summed E-state index contributed by atoms with van der Waals surface area (Å²) >= 11 is 0. The van der Waals surface area contributed by atoms with E-state index in [1.165, 1.54) is 0 Å². The Morgan fingerprint density at radius 1 is 1.15 bits per heavy atom. The predicted molar refractivity (Wildman–Crippen MR) is 97.4 cm³/mol. The van der Waals surface area contributed by atoms with E-state index in [9.17, 15) is 4.57 Å². The van der Waals surface area contributed by atoms with Crippen LogP contribution in [0.1, 0.15) is 41.0 Å². The molecular weight excluding hydrogens is 375 g/mol. The highest BCUT2D eigenvalue weighted by Crippen LogP contribution is 2.54. The van der Waals surface area contributed by atoms with Gasteiger partial charge < -0.3 is 28.2 Å². The van der Waals surface area contributed by atoms with E-state index in [1.54, 1.807) is 26.8 Å². The summed E-state index contributed by atoms with van der Waals surface area (Å²) in [6, 6.07) is 0. The van der Waals surface area contributed by atoms with E-state index in [2.05, 4.69) is 6.58 Å². The Hall–Kier alpha value is -0.310. The third-order valence-electron chi connectivity index (χ3n) is 4.64. The van der Waals surface area contributed by atoms with Crippen molar-refractivity contribution in [1.82, 2.24) is 0 Å². The Labute approximate surface area is 160 Å². The number of allylic oxidation sites excluding steroid dienone is 1. The van der Waals surface area contributed by atoms with Gasteiger partial charge in [-0.3, -0.25) is 9.09 Å². The molecule has 3 saturated heterocycles. The fourth-order valence-corrected chi connectivity index (χ4v) is 5.38. The van der Waals surface area contributed by atoms with Gasteiger partial charge in [-0.25, -0.2) is 0 Å². The smallest absolute Gasteiger partial charge is 0.331 e. The zero-order chi connectivity index (χ0) is 19.9. The maximum atomic E-state index is 13.2. The standard InChI is InChI=1S/C18H31O8P/c1-7-9-10-27(19,21-8-2)26-14-13(12-11-20-17(3,4)23-12)22-16-15(14)24-18(5,6)25-16/h7,12-16H,1,8-11H2,2-6H3/t12?,13-,14+,15-,16-,27?/m1/s1. The van der Waals surface area contributed by atoms with Crippen LogP contribution in [0.4, 0.5) is 0 Å². The second-order valence-electron chi connectivity index (χ2n) is 7.84. The summed E-state index contributed by atoms with van der Waals surface area (Å²) in [5, 5.41) is 0. The van der Waals surface area contributed by atoms with E-state index in [-0.39, 0.29) is 18.9 Å². The molecule has 0 aliphatic carbocycles. The molecule has 0 bridgehead atoms. The van der Waals surface area contributed by atoms with Gasteiger partial charge in [0.15, 0.2) is 17.9 Å². The number of ether oxygens (including phenoxy) is 5. The molecular formula is C18H31O8P. The summed E-state index contributed by atoms with van der Waals surface area (Å²) in [5.41, 5.74) is 0. The lowest BCUT2D eigenvalue weighted by Crippen LogP contribution is -2.44. The van der Waals surface area contributed by atoms with E-state index in [0.29, 0.717) is 13.0 Å². The maximum Gasteiger partial charge on any atom is 0.331 e. The van der Waals surface area contributed by atoms with Gasteiger partial charge in [-0.2, -0.15) is 0 Å². The van der Waals surface area contributed by atoms with Crippen LogP contribution in [0.3, 0.4) is 0 Å². The number of fused-ring (bicyclic) bond motifs is 1. The molecule has 3 aliphatic heterocycles. The van der Waals surface area contributed by atoms with Crippen molar-refractivity contribution in [1.29, 1.82) is 0 Å². The first kappa shape index (κ1) is 21.4. The Bertz CT molecular complexity index is 592. The average Bonchev–Trinajstić information content (AvgIpc) is 3.16. The van der Waals surface area contributed by atoms with Crippen LogP contribution in [0.15, 0.2) is 12.7 Å². The van der Waals surface area contributed by atoms with Crippen molar-refractivity contribution in [3.63, 3.8) is 0 Å². The quantitative estimate of drug-likeness (QED) is 0.449. The van der Waals surface area contributed by atoms with Gasteiger partial charge in [0.1, 0.15) is 24.4 Å². The third kappa shape index (κ3) is 4.82. The Morgan fingerprint density at radius 3 is 2.48 bits per heavy atom. The highest BCUT2D eigenvalue weighted by atomic mass is 31.2. The lowest BCUT2D eigenvalue weighted by Gasteiger charge is -2.31. The molecule has 6 atom stereocenters. The van der Waals surface area contributed by atoms with E-state index < -0.39 is 43.8 Å². The minimum Gasteiger partial charge on any atom is -0.348 e. The zero-order valence-corrected chi connectivity index (χ0v) is 17.6. The fourth-order valence-electron chi connectivity index (χ4n) is 3.58. The average molecular weight is 406 g/mol. The molecule has 0 aromatic rings. The van der Waals surface area contributed by atoms with Crippen LogP contribution < -0.4 is 0 Å². The monoisotopic (exact) mass is 406 g/mol. The molecule has 8 nitrogen and oxygen atoms in total. The Kier molecular flexibility index (Phi) is 6.21. The molecule has 9 heteroatoms. The zero-order valence-electron chi connectivity index (χ0n) is 16.7. The molecule has 156 valence electrons. The molecule has 27 heavy (non-hydrogen) atoms. The van der Waals surface area contributed by atoms with E-state index >= 15 is 0 Å². The summed E-state index contributed by atoms with van der Waals surface area (Å²) in [7, 11) is -3.37. The molecule has 0 radical (unpaired) electrons. The highest BCUT2D eigenvalue weighted by molar-refractivity contribution is 7.53. The van der Waals surface area contributed by atoms with Crippen LogP contribution in [-0.2, 0) is 37.3 Å². The number of hydrogen-bond donors (Lipinski definition) is 0. The van der Waals surface area contributed by atoms with Gasteiger partial charge in [-0.05, 0) is 41.0 Å². The molecule has 2 unspecified atom stereocenters. The molecule has 0 aromatic carbocycles. The Balaban J connectivity index is 1.81. The van der Waals surface area contributed by atoms with E-state index in [1.807, 2.05) is 13.8 Å². The summed E-state index contributed by atoms with van der Waals surface area (Å²) in [5.74, 6) is -1.53. The lowest BCUT2D eigenvalue weighted by molar-refractivity contribution is -0.230. The molecule has 3 aliphatic rings. The molecule has 0 amide bonds. The van der Waals surface area contributed by atoms with E-state index in [4.69, 9.17) is 32.7 Å². The second-order valence-corrected chi connectivity index (χ2v) is 9.97. The largest absolute Gasteiger partial charge is 0.348 e. The van der Waals surface area contributed by atoms with Crippen molar-refractivity contribution < 1.29 is 37.3 Å². The van der Waals surface area contributed by atoms with Crippen molar-refractivity contribution in [3.05, 3.63) is 12.7 Å². The highest BCUT2D eigenvalue weighted by Gasteiger charge is 2.60. The van der Waals surface area contributed by atoms with Gasteiger partial charge in [0.2, 0.25) is 0 Å². The SMILES string of the molecule is C=CCCP(=O)(OCC)O[C@@H]1[C@H]2OC(C)(C)O[C@H]2O[C@@H]1C1COC(C)(C)O1.